The molecule has 5 nitrogen and oxygen atoms in total. The highest BCUT2D eigenvalue weighted by Crippen LogP contribution is 2.37. The molecule has 1 fully saturated rings. The van der Waals surface area contributed by atoms with Crippen molar-refractivity contribution in [2.45, 2.75) is 32.5 Å². The summed E-state index contributed by atoms with van der Waals surface area (Å²) >= 11 is 0. The van der Waals surface area contributed by atoms with Crippen molar-refractivity contribution < 1.29 is 22.8 Å². The number of urea groups is 1. The van der Waals surface area contributed by atoms with Crippen LogP contribution in [0.2, 0.25) is 0 Å². The summed E-state index contributed by atoms with van der Waals surface area (Å²) in [5.41, 5.74) is -3.08. The minimum absolute atomic E-state index is 0.199. The van der Waals surface area contributed by atoms with E-state index in [-0.39, 0.29) is 12.2 Å². The Morgan fingerprint density at radius 2 is 1.87 bits per heavy atom. The molecule has 0 atom stereocenters. The zero-order valence-electron chi connectivity index (χ0n) is 12.7. The number of benzene rings is 1. The van der Waals surface area contributed by atoms with Crippen molar-refractivity contribution >= 4 is 17.6 Å². The third-order valence-electron chi connectivity index (χ3n) is 3.83. The standard InChI is InChI=1S/C15H14F3N3O2/c1-4-20-13(23)21(12(22)14(20,2)3)10-6-5-9(8-19)11(7-10)15(16,17)18/h5-7H,4H2,1-3H3. The van der Waals surface area contributed by atoms with Crippen molar-refractivity contribution in [1.29, 1.82) is 5.26 Å². The number of hydrogen-bond donors (Lipinski definition) is 0. The van der Waals surface area contributed by atoms with E-state index in [1.165, 1.54) is 30.9 Å². The van der Waals surface area contributed by atoms with E-state index in [0.717, 1.165) is 11.0 Å². The highest BCUT2D eigenvalue weighted by molar-refractivity contribution is 6.23. The third kappa shape index (κ3) is 2.52. The van der Waals surface area contributed by atoms with Gasteiger partial charge in [-0.1, -0.05) is 0 Å². The zero-order chi connectivity index (χ0) is 17.6. The van der Waals surface area contributed by atoms with E-state index < -0.39 is 34.8 Å². The van der Waals surface area contributed by atoms with Crippen molar-refractivity contribution in [3.05, 3.63) is 29.3 Å². The fraction of sp³-hybridized carbons (Fsp3) is 0.400. The molecule has 0 aliphatic carbocycles. The summed E-state index contributed by atoms with van der Waals surface area (Å²) in [6.07, 6.45) is -4.76. The number of alkyl halides is 3. The third-order valence-corrected chi connectivity index (χ3v) is 3.83. The lowest BCUT2D eigenvalue weighted by atomic mass is 10.0. The molecule has 1 aromatic rings. The van der Waals surface area contributed by atoms with E-state index in [9.17, 15) is 22.8 Å². The molecule has 23 heavy (non-hydrogen) atoms. The second-order valence-electron chi connectivity index (χ2n) is 5.57. The molecule has 3 amide bonds. The van der Waals surface area contributed by atoms with Crippen molar-refractivity contribution in [2.24, 2.45) is 0 Å². The molecular formula is C15H14F3N3O2. The van der Waals surface area contributed by atoms with Crippen LogP contribution in [0, 0.1) is 11.3 Å². The van der Waals surface area contributed by atoms with E-state index in [0.29, 0.717) is 6.07 Å². The van der Waals surface area contributed by atoms with Gasteiger partial charge >= 0.3 is 12.2 Å². The van der Waals surface area contributed by atoms with Crippen LogP contribution in [0.5, 0.6) is 0 Å². The van der Waals surface area contributed by atoms with Gasteiger partial charge in [0.15, 0.2) is 0 Å². The molecule has 0 aromatic heterocycles. The smallest absolute Gasteiger partial charge is 0.310 e. The van der Waals surface area contributed by atoms with Crippen molar-refractivity contribution in [2.75, 3.05) is 11.4 Å². The van der Waals surface area contributed by atoms with Crippen LogP contribution in [0.15, 0.2) is 18.2 Å². The molecule has 0 N–H and O–H groups in total. The second kappa shape index (κ2) is 5.26. The first-order valence-electron chi connectivity index (χ1n) is 6.83. The molecule has 0 unspecified atom stereocenters. The molecule has 1 aromatic carbocycles. The molecule has 122 valence electrons. The molecule has 0 bridgehead atoms. The normalized spacial score (nSPS) is 17.6. The minimum atomic E-state index is -4.76. The van der Waals surface area contributed by atoms with Gasteiger partial charge in [-0.05, 0) is 39.0 Å². The van der Waals surface area contributed by atoms with E-state index in [2.05, 4.69) is 0 Å². The number of anilines is 1. The van der Waals surface area contributed by atoms with E-state index in [4.69, 9.17) is 5.26 Å². The predicted molar refractivity (Wildman–Crippen MR) is 75.5 cm³/mol. The number of nitriles is 1. The van der Waals surface area contributed by atoms with Crippen molar-refractivity contribution in [3.63, 3.8) is 0 Å². The molecule has 8 heteroatoms. The fourth-order valence-corrected chi connectivity index (χ4v) is 2.60. The number of halogens is 3. The summed E-state index contributed by atoms with van der Waals surface area (Å²) in [6.45, 7) is 4.99. The lowest BCUT2D eigenvalue weighted by molar-refractivity contribution is -0.137. The van der Waals surface area contributed by atoms with Crippen molar-refractivity contribution in [3.8, 4) is 6.07 Å². The Balaban J connectivity index is 2.58. The van der Waals surface area contributed by atoms with Crippen LogP contribution >= 0.6 is 0 Å². The molecule has 1 saturated heterocycles. The lowest BCUT2D eigenvalue weighted by Gasteiger charge is -2.25. The minimum Gasteiger partial charge on any atom is -0.310 e. The van der Waals surface area contributed by atoms with Gasteiger partial charge in [-0.15, -0.1) is 0 Å². The van der Waals surface area contributed by atoms with Crippen molar-refractivity contribution in [1.82, 2.24) is 4.90 Å². The van der Waals surface area contributed by atoms with Crippen LogP contribution in [0.3, 0.4) is 0 Å². The van der Waals surface area contributed by atoms with Crippen LogP contribution in [0.25, 0.3) is 0 Å². The van der Waals surface area contributed by atoms with Gasteiger partial charge in [0.25, 0.3) is 5.91 Å². The number of carbonyl (C=O) groups is 2. The van der Waals surface area contributed by atoms with Gasteiger partial charge in [-0.25, -0.2) is 9.69 Å². The first-order valence-corrected chi connectivity index (χ1v) is 6.83. The largest absolute Gasteiger partial charge is 0.417 e. The summed E-state index contributed by atoms with van der Waals surface area (Å²) in [7, 11) is 0. The highest BCUT2D eigenvalue weighted by atomic mass is 19.4. The Morgan fingerprint density at radius 3 is 2.30 bits per heavy atom. The Kier molecular flexibility index (Phi) is 3.85. The highest BCUT2D eigenvalue weighted by Gasteiger charge is 2.51. The van der Waals surface area contributed by atoms with Crippen LogP contribution < -0.4 is 4.90 Å². The summed E-state index contributed by atoms with van der Waals surface area (Å²) in [4.78, 5) is 26.8. The Labute approximate surface area is 130 Å². The molecule has 2 rings (SSSR count). The van der Waals surface area contributed by atoms with Gasteiger partial charge in [-0.2, -0.15) is 18.4 Å². The molecule has 0 spiro atoms. The maximum atomic E-state index is 13.0. The van der Waals surface area contributed by atoms with Crippen LogP contribution in [-0.4, -0.2) is 28.9 Å². The summed E-state index contributed by atoms with van der Waals surface area (Å²) in [5, 5.41) is 8.80. The number of carbonyl (C=O) groups excluding carboxylic acids is 2. The number of nitrogens with zero attached hydrogens (tertiary/aromatic N) is 3. The van der Waals surface area contributed by atoms with Gasteiger partial charge in [0, 0.05) is 6.54 Å². The molecule has 1 aliphatic rings. The molecule has 1 heterocycles. The summed E-state index contributed by atoms with van der Waals surface area (Å²) in [6, 6.07) is 3.56. The topological polar surface area (TPSA) is 64.4 Å². The van der Waals surface area contributed by atoms with Crippen LogP contribution in [0.4, 0.5) is 23.7 Å². The predicted octanol–water partition coefficient (Wildman–Crippen LogP) is 3.14. The maximum absolute atomic E-state index is 13.0. The number of amides is 3. The van der Waals surface area contributed by atoms with Crippen LogP contribution in [0.1, 0.15) is 31.9 Å². The molecule has 0 radical (unpaired) electrons. The number of imide groups is 1. The number of hydrogen-bond acceptors (Lipinski definition) is 3. The van der Waals surface area contributed by atoms with Gasteiger partial charge in [0.05, 0.1) is 22.9 Å². The average Bonchev–Trinajstić information content (AvgIpc) is 2.63. The number of rotatable bonds is 2. The Bertz CT molecular complexity index is 720. The van der Waals surface area contributed by atoms with E-state index in [1.54, 1.807) is 6.92 Å². The SMILES string of the molecule is CCN1C(=O)N(c2ccc(C#N)c(C(F)(F)F)c2)C(=O)C1(C)C. The fourth-order valence-electron chi connectivity index (χ4n) is 2.60. The first-order chi connectivity index (χ1) is 10.6. The molecule has 0 saturated carbocycles. The molecule has 1 aliphatic heterocycles. The monoisotopic (exact) mass is 325 g/mol. The summed E-state index contributed by atoms with van der Waals surface area (Å²) < 4.78 is 39.1. The lowest BCUT2D eigenvalue weighted by Crippen LogP contribution is -2.43. The van der Waals surface area contributed by atoms with Crippen LogP contribution in [-0.2, 0) is 11.0 Å². The van der Waals surface area contributed by atoms with Gasteiger partial charge in [-0.3, -0.25) is 4.79 Å². The maximum Gasteiger partial charge on any atom is 0.417 e. The second-order valence-corrected chi connectivity index (χ2v) is 5.57. The van der Waals surface area contributed by atoms with E-state index in [1.807, 2.05) is 0 Å². The Morgan fingerprint density at radius 1 is 1.26 bits per heavy atom. The average molecular weight is 325 g/mol. The molecular weight excluding hydrogens is 311 g/mol. The first kappa shape index (κ1) is 16.8. The van der Waals surface area contributed by atoms with Gasteiger partial charge in [0.1, 0.15) is 5.54 Å². The number of likely N-dealkylation sites (N-methyl/N-ethyl adjacent to an activating group) is 1. The van der Waals surface area contributed by atoms with Gasteiger partial charge < -0.3 is 4.90 Å². The van der Waals surface area contributed by atoms with E-state index >= 15 is 0 Å². The Hall–Kier alpha value is -2.56. The zero-order valence-corrected chi connectivity index (χ0v) is 12.7. The van der Waals surface area contributed by atoms with Gasteiger partial charge in [0.2, 0.25) is 0 Å². The summed E-state index contributed by atoms with van der Waals surface area (Å²) in [5.74, 6) is -0.609. The quantitative estimate of drug-likeness (QED) is 0.785.